The van der Waals surface area contributed by atoms with Gasteiger partial charge in [0.25, 0.3) is 15.9 Å². The number of carbonyl (C=O) groups is 1. The van der Waals surface area contributed by atoms with Gasteiger partial charge in [-0.15, -0.1) is 0 Å². The van der Waals surface area contributed by atoms with Gasteiger partial charge in [-0.1, -0.05) is 30.3 Å². The number of methoxy groups -OCH3 is 1. The molecule has 0 fully saturated rings. The second-order valence-electron chi connectivity index (χ2n) is 6.77. The van der Waals surface area contributed by atoms with Crippen LogP contribution in [0.15, 0.2) is 88.9 Å². The number of nitrogens with zero attached hydrogens (tertiary/aromatic N) is 2. The van der Waals surface area contributed by atoms with Gasteiger partial charge in [0.2, 0.25) is 0 Å². The zero-order valence-corrected chi connectivity index (χ0v) is 20.5. The van der Waals surface area contributed by atoms with Crippen LogP contribution in [-0.4, -0.2) is 33.7 Å². The molecule has 1 amide bonds. The molecule has 7 nitrogen and oxygen atoms in total. The summed E-state index contributed by atoms with van der Waals surface area (Å²) in [6.45, 7) is 1.33. The summed E-state index contributed by atoms with van der Waals surface area (Å²) in [6, 6.07) is 22.1. The van der Waals surface area contributed by atoms with Gasteiger partial charge in [-0.05, 0) is 83.6 Å². The minimum absolute atomic E-state index is 0.0853. The molecule has 32 heavy (non-hydrogen) atoms. The molecule has 0 saturated carbocycles. The van der Waals surface area contributed by atoms with Gasteiger partial charge < -0.3 is 4.74 Å². The molecule has 3 rings (SSSR count). The van der Waals surface area contributed by atoms with Crippen LogP contribution in [0.5, 0.6) is 5.75 Å². The highest BCUT2D eigenvalue weighted by atomic mass is 127. The highest BCUT2D eigenvalue weighted by Gasteiger charge is 2.27. The van der Waals surface area contributed by atoms with Crippen molar-refractivity contribution in [1.82, 2.24) is 5.43 Å². The Hall–Kier alpha value is -2.92. The third-order valence-electron chi connectivity index (χ3n) is 4.57. The van der Waals surface area contributed by atoms with Crippen molar-refractivity contribution < 1.29 is 17.9 Å². The van der Waals surface area contributed by atoms with E-state index in [4.69, 9.17) is 4.74 Å². The smallest absolute Gasteiger partial charge is 0.264 e. The number of sulfonamides is 1. The van der Waals surface area contributed by atoms with Crippen LogP contribution in [-0.2, 0) is 14.8 Å². The maximum atomic E-state index is 13.3. The molecule has 0 unspecified atom stereocenters. The lowest BCUT2D eigenvalue weighted by molar-refractivity contribution is -0.119. The molecular weight excluding hydrogens is 541 g/mol. The number of nitrogens with one attached hydrogen (secondary N) is 1. The maximum Gasteiger partial charge on any atom is 0.264 e. The van der Waals surface area contributed by atoms with Crippen molar-refractivity contribution in [2.45, 2.75) is 11.8 Å². The fourth-order valence-corrected chi connectivity index (χ4v) is 4.86. The average molecular weight is 563 g/mol. The van der Waals surface area contributed by atoms with Gasteiger partial charge in [-0.2, -0.15) is 5.10 Å². The van der Waals surface area contributed by atoms with E-state index < -0.39 is 22.5 Å². The molecule has 0 heterocycles. The summed E-state index contributed by atoms with van der Waals surface area (Å²) in [4.78, 5) is 12.8. The van der Waals surface area contributed by atoms with Crippen LogP contribution in [0.1, 0.15) is 12.5 Å². The van der Waals surface area contributed by atoms with Crippen LogP contribution < -0.4 is 14.5 Å². The first-order chi connectivity index (χ1) is 15.3. The first-order valence-corrected chi connectivity index (χ1v) is 12.1. The number of anilines is 1. The second kappa shape index (κ2) is 10.6. The second-order valence-corrected chi connectivity index (χ2v) is 9.87. The molecule has 9 heteroatoms. The molecular formula is C23H22IN3O4S. The van der Waals surface area contributed by atoms with Gasteiger partial charge in [0.05, 0.1) is 23.4 Å². The van der Waals surface area contributed by atoms with E-state index in [1.165, 1.54) is 19.2 Å². The minimum Gasteiger partial charge on any atom is -0.497 e. The molecule has 0 spiro atoms. The van der Waals surface area contributed by atoms with Crippen molar-refractivity contribution in [2.75, 3.05) is 18.0 Å². The number of hydrogen-bond donors (Lipinski definition) is 1. The van der Waals surface area contributed by atoms with Crippen LogP contribution in [0, 0.1) is 3.57 Å². The Bertz CT molecular complexity index is 1210. The van der Waals surface area contributed by atoms with E-state index in [2.05, 4.69) is 33.1 Å². The Balaban J connectivity index is 1.86. The summed E-state index contributed by atoms with van der Waals surface area (Å²) < 4.78 is 33.8. The molecule has 0 aliphatic rings. The van der Waals surface area contributed by atoms with E-state index in [0.29, 0.717) is 17.1 Å². The van der Waals surface area contributed by atoms with Crippen LogP contribution in [0.25, 0.3) is 0 Å². The molecule has 0 aliphatic carbocycles. The maximum absolute atomic E-state index is 13.3. The van der Waals surface area contributed by atoms with Gasteiger partial charge in [0, 0.05) is 3.57 Å². The number of rotatable bonds is 8. The van der Waals surface area contributed by atoms with Crippen molar-refractivity contribution in [1.29, 1.82) is 0 Å². The normalized spacial score (nSPS) is 11.7. The van der Waals surface area contributed by atoms with E-state index in [1.54, 1.807) is 49.4 Å². The molecule has 0 aliphatic heterocycles. The van der Waals surface area contributed by atoms with Gasteiger partial charge in [0.1, 0.15) is 12.3 Å². The lowest BCUT2D eigenvalue weighted by Crippen LogP contribution is -2.39. The van der Waals surface area contributed by atoms with Crippen molar-refractivity contribution >= 4 is 49.9 Å². The van der Waals surface area contributed by atoms with E-state index in [1.807, 2.05) is 24.3 Å². The fourth-order valence-electron chi connectivity index (χ4n) is 2.87. The molecule has 3 aromatic carbocycles. The number of halogens is 1. The predicted molar refractivity (Wildman–Crippen MR) is 133 cm³/mol. The topological polar surface area (TPSA) is 88.1 Å². The minimum atomic E-state index is -3.98. The fraction of sp³-hybridized carbons (Fsp3) is 0.130. The number of hydrogen-bond acceptors (Lipinski definition) is 5. The third-order valence-corrected chi connectivity index (χ3v) is 7.03. The first kappa shape index (κ1) is 23.7. The lowest BCUT2D eigenvalue weighted by Gasteiger charge is -2.24. The third kappa shape index (κ3) is 5.86. The van der Waals surface area contributed by atoms with E-state index >= 15 is 0 Å². The molecule has 0 saturated heterocycles. The van der Waals surface area contributed by atoms with E-state index in [9.17, 15) is 13.2 Å². The summed E-state index contributed by atoms with van der Waals surface area (Å²) in [7, 11) is -2.46. The molecule has 0 atom stereocenters. The van der Waals surface area contributed by atoms with Crippen molar-refractivity contribution in [3.63, 3.8) is 0 Å². The summed E-state index contributed by atoms with van der Waals surface area (Å²) in [6.07, 6.45) is 0. The summed E-state index contributed by atoms with van der Waals surface area (Å²) in [5.74, 6) is 0.0123. The SMILES string of the molecule is COc1ccc(N(CC(=O)N/N=C(/C)c2cccc(I)c2)S(=O)(=O)c2ccccc2)cc1. The van der Waals surface area contributed by atoms with E-state index in [-0.39, 0.29) is 4.90 Å². The molecule has 166 valence electrons. The van der Waals surface area contributed by atoms with E-state index in [0.717, 1.165) is 13.4 Å². The van der Waals surface area contributed by atoms with Crippen LogP contribution in [0.4, 0.5) is 5.69 Å². The van der Waals surface area contributed by atoms with Crippen molar-refractivity contribution in [3.8, 4) is 5.75 Å². The number of hydrazone groups is 1. The summed E-state index contributed by atoms with van der Waals surface area (Å²) in [5.41, 5.74) is 4.27. The standard InChI is InChI=1S/C23H22IN3O4S/c1-17(18-7-6-8-19(24)15-18)25-26-23(28)16-27(20-11-13-21(31-2)14-12-20)32(29,30)22-9-4-3-5-10-22/h3-15H,16H2,1-2H3,(H,26,28)/b25-17-. The lowest BCUT2D eigenvalue weighted by atomic mass is 10.1. The van der Waals surface area contributed by atoms with Crippen molar-refractivity contribution in [2.24, 2.45) is 5.10 Å². The summed E-state index contributed by atoms with van der Waals surface area (Å²) >= 11 is 2.20. The zero-order chi connectivity index (χ0) is 23.1. The zero-order valence-electron chi connectivity index (χ0n) is 17.5. The Kier molecular flexibility index (Phi) is 7.86. The Morgan fingerprint density at radius 2 is 1.72 bits per heavy atom. The van der Waals surface area contributed by atoms with Gasteiger partial charge in [-0.3, -0.25) is 9.10 Å². The Morgan fingerprint density at radius 3 is 2.34 bits per heavy atom. The molecule has 0 aromatic heterocycles. The quantitative estimate of drug-likeness (QED) is 0.255. The number of ether oxygens (including phenoxy) is 1. The average Bonchev–Trinajstić information content (AvgIpc) is 2.81. The Morgan fingerprint density at radius 1 is 1.03 bits per heavy atom. The monoisotopic (exact) mass is 563 g/mol. The first-order valence-electron chi connectivity index (χ1n) is 9.62. The molecule has 0 radical (unpaired) electrons. The van der Waals surface area contributed by atoms with Gasteiger partial charge >= 0.3 is 0 Å². The molecule has 3 aromatic rings. The van der Waals surface area contributed by atoms with Gasteiger partial charge in [0.15, 0.2) is 0 Å². The molecule has 1 N–H and O–H groups in total. The number of amides is 1. The highest BCUT2D eigenvalue weighted by Crippen LogP contribution is 2.25. The Labute approximate surface area is 201 Å². The highest BCUT2D eigenvalue weighted by molar-refractivity contribution is 14.1. The number of benzene rings is 3. The van der Waals surface area contributed by atoms with Crippen LogP contribution >= 0.6 is 22.6 Å². The van der Waals surface area contributed by atoms with Crippen LogP contribution in [0.2, 0.25) is 0 Å². The molecule has 0 bridgehead atoms. The van der Waals surface area contributed by atoms with Gasteiger partial charge in [-0.25, -0.2) is 13.8 Å². The predicted octanol–water partition coefficient (Wildman–Crippen LogP) is 4.04. The van der Waals surface area contributed by atoms with Crippen molar-refractivity contribution in [3.05, 3.63) is 88.0 Å². The van der Waals surface area contributed by atoms with Crippen LogP contribution in [0.3, 0.4) is 0 Å². The number of carbonyl (C=O) groups excluding carboxylic acids is 1. The summed E-state index contributed by atoms with van der Waals surface area (Å²) in [5, 5.41) is 4.14. The largest absolute Gasteiger partial charge is 0.497 e.